The van der Waals surface area contributed by atoms with Gasteiger partial charge in [-0.15, -0.1) is 6.58 Å². The fourth-order valence-corrected chi connectivity index (χ4v) is 9.78. The summed E-state index contributed by atoms with van der Waals surface area (Å²) in [5.74, 6) is 5.59. The van der Waals surface area contributed by atoms with E-state index in [0.29, 0.717) is 16.2 Å². The molecule has 4 saturated carbocycles. The highest BCUT2D eigenvalue weighted by molar-refractivity contribution is 5.16. The number of hydrogen-bond acceptors (Lipinski definition) is 0. The van der Waals surface area contributed by atoms with Gasteiger partial charge in [-0.2, -0.15) is 0 Å². The Balaban J connectivity index is 1.68. The van der Waals surface area contributed by atoms with Crippen LogP contribution in [-0.2, 0) is 0 Å². The van der Waals surface area contributed by atoms with Crippen molar-refractivity contribution in [2.45, 2.75) is 106 Å². The Morgan fingerprint density at radius 1 is 1.00 bits per heavy atom. The van der Waals surface area contributed by atoms with E-state index in [1.165, 1.54) is 69.8 Å². The van der Waals surface area contributed by atoms with Crippen LogP contribution < -0.4 is 0 Å². The molecule has 0 saturated heterocycles. The average molecular weight is 371 g/mol. The highest BCUT2D eigenvalue weighted by atomic mass is 14.7. The smallest absolute Gasteiger partial charge is 0.0212 e. The number of allylic oxidation sites excluding steroid dienone is 1. The van der Waals surface area contributed by atoms with Crippen LogP contribution in [0, 0.1) is 51.8 Å². The van der Waals surface area contributed by atoms with Crippen molar-refractivity contribution < 1.29 is 0 Å². The largest absolute Gasteiger partial charge is 0.100 e. The molecule has 27 heavy (non-hydrogen) atoms. The normalized spacial score (nSPS) is 53.2. The van der Waals surface area contributed by atoms with Gasteiger partial charge in [-0.3, -0.25) is 0 Å². The molecule has 154 valence electrons. The Bertz CT molecular complexity index is 589. The highest BCUT2D eigenvalue weighted by Gasteiger charge is 2.67. The van der Waals surface area contributed by atoms with Gasteiger partial charge < -0.3 is 0 Å². The summed E-state index contributed by atoms with van der Waals surface area (Å²) in [6, 6.07) is 0. The first kappa shape index (κ1) is 20.0. The fourth-order valence-electron chi connectivity index (χ4n) is 9.78. The van der Waals surface area contributed by atoms with E-state index in [1.54, 1.807) is 0 Å². The number of rotatable bonds is 3. The Labute approximate surface area is 170 Å². The van der Waals surface area contributed by atoms with Crippen molar-refractivity contribution in [3.05, 3.63) is 12.2 Å². The quantitative estimate of drug-likeness (QED) is 0.438. The molecule has 0 N–H and O–H groups in total. The third-order valence-corrected chi connectivity index (χ3v) is 11.4. The second kappa shape index (κ2) is 6.63. The molecule has 0 bridgehead atoms. The second-order valence-electron chi connectivity index (χ2n) is 12.4. The second-order valence-corrected chi connectivity index (χ2v) is 12.4. The first-order chi connectivity index (χ1) is 12.6. The van der Waals surface area contributed by atoms with Gasteiger partial charge in [0.05, 0.1) is 0 Å². The molecule has 9 unspecified atom stereocenters. The van der Waals surface area contributed by atoms with E-state index in [1.807, 2.05) is 0 Å². The summed E-state index contributed by atoms with van der Waals surface area (Å²) in [5, 5.41) is 0. The summed E-state index contributed by atoms with van der Waals surface area (Å²) in [7, 11) is 0. The van der Waals surface area contributed by atoms with Gasteiger partial charge in [0.15, 0.2) is 0 Å². The molecule has 0 spiro atoms. The molecule has 0 aromatic carbocycles. The minimum Gasteiger partial charge on any atom is -0.100 e. The fraction of sp³-hybridized carbons (Fsp3) is 0.926. The van der Waals surface area contributed by atoms with Gasteiger partial charge >= 0.3 is 0 Å². The van der Waals surface area contributed by atoms with Crippen LogP contribution >= 0.6 is 0 Å². The summed E-state index contributed by atoms with van der Waals surface area (Å²) in [4.78, 5) is 0. The molecule has 4 aliphatic carbocycles. The highest BCUT2D eigenvalue weighted by Crippen LogP contribution is 2.75. The molecule has 9 atom stereocenters. The predicted octanol–water partition coefficient (Wildman–Crippen LogP) is 8.27. The van der Waals surface area contributed by atoms with Crippen LogP contribution in [-0.4, -0.2) is 0 Å². The molecule has 0 aromatic rings. The zero-order valence-electron chi connectivity index (χ0n) is 19.2. The third-order valence-electron chi connectivity index (χ3n) is 11.4. The standard InChI is InChI=1S/C27H46/c1-18(2)16-19(3)22-13-15-26(6)23-12-11-21-10-8-9-14-25(21,5)24(23)17-20(4)27(22,26)7/h19-24H,1,8-17H2,2-7H3. The van der Waals surface area contributed by atoms with E-state index >= 15 is 0 Å². The van der Waals surface area contributed by atoms with Crippen LogP contribution in [0.2, 0.25) is 0 Å². The zero-order chi connectivity index (χ0) is 19.6. The van der Waals surface area contributed by atoms with Crippen LogP contribution in [0.1, 0.15) is 106 Å². The predicted molar refractivity (Wildman–Crippen MR) is 118 cm³/mol. The first-order valence-electron chi connectivity index (χ1n) is 12.3. The lowest BCUT2D eigenvalue weighted by Crippen LogP contribution is -2.60. The van der Waals surface area contributed by atoms with Gasteiger partial charge in [-0.1, -0.05) is 53.0 Å². The van der Waals surface area contributed by atoms with Gasteiger partial charge in [0.1, 0.15) is 0 Å². The van der Waals surface area contributed by atoms with Crippen LogP contribution in [0.3, 0.4) is 0 Å². The monoisotopic (exact) mass is 370 g/mol. The van der Waals surface area contributed by atoms with E-state index in [9.17, 15) is 0 Å². The zero-order valence-corrected chi connectivity index (χ0v) is 19.2. The summed E-state index contributed by atoms with van der Waals surface area (Å²) in [6.45, 7) is 19.9. The average Bonchev–Trinajstić information content (AvgIpc) is 2.88. The van der Waals surface area contributed by atoms with Gasteiger partial charge in [0.25, 0.3) is 0 Å². The molecule has 0 radical (unpaired) electrons. The van der Waals surface area contributed by atoms with E-state index in [-0.39, 0.29) is 0 Å². The van der Waals surface area contributed by atoms with Crippen molar-refractivity contribution in [1.82, 2.24) is 0 Å². The van der Waals surface area contributed by atoms with Crippen molar-refractivity contribution in [1.29, 1.82) is 0 Å². The van der Waals surface area contributed by atoms with Gasteiger partial charge in [0.2, 0.25) is 0 Å². The van der Waals surface area contributed by atoms with Crippen molar-refractivity contribution in [3.63, 3.8) is 0 Å². The summed E-state index contributed by atoms with van der Waals surface area (Å²) < 4.78 is 0. The van der Waals surface area contributed by atoms with Crippen molar-refractivity contribution in [2.75, 3.05) is 0 Å². The van der Waals surface area contributed by atoms with Crippen LogP contribution in [0.4, 0.5) is 0 Å². The Morgan fingerprint density at radius 3 is 2.44 bits per heavy atom. The van der Waals surface area contributed by atoms with Crippen LogP contribution in [0.5, 0.6) is 0 Å². The topological polar surface area (TPSA) is 0 Å². The van der Waals surface area contributed by atoms with Gasteiger partial charge in [0, 0.05) is 0 Å². The molecular formula is C27H46. The summed E-state index contributed by atoms with van der Waals surface area (Å²) in [6.07, 6.45) is 14.8. The van der Waals surface area contributed by atoms with Crippen LogP contribution in [0.25, 0.3) is 0 Å². The van der Waals surface area contributed by atoms with E-state index in [0.717, 1.165) is 35.5 Å². The molecule has 0 amide bonds. The first-order valence-corrected chi connectivity index (χ1v) is 12.3. The third kappa shape index (κ3) is 2.67. The lowest BCUT2D eigenvalue weighted by atomic mass is 9.38. The molecule has 0 heteroatoms. The van der Waals surface area contributed by atoms with Crippen molar-refractivity contribution in [3.8, 4) is 0 Å². The molecule has 4 fully saturated rings. The Kier molecular flexibility index (Phi) is 4.92. The Morgan fingerprint density at radius 2 is 1.74 bits per heavy atom. The van der Waals surface area contributed by atoms with E-state index in [4.69, 9.17) is 0 Å². The molecule has 0 heterocycles. The summed E-state index contributed by atoms with van der Waals surface area (Å²) in [5.41, 5.74) is 3.13. The Hall–Kier alpha value is -0.260. The summed E-state index contributed by atoms with van der Waals surface area (Å²) >= 11 is 0. The SMILES string of the molecule is C=C(C)CC(C)C1CCC2(C)C3CCC4CCCCC4(C)C3CC(C)C12C. The van der Waals surface area contributed by atoms with Gasteiger partial charge in [-0.25, -0.2) is 0 Å². The maximum Gasteiger partial charge on any atom is -0.0212 e. The van der Waals surface area contributed by atoms with E-state index < -0.39 is 0 Å². The maximum absolute atomic E-state index is 4.25. The lowest BCUT2D eigenvalue weighted by Gasteiger charge is -2.66. The lowest BCUT2D eigenvalue weighted by molar-refractivity contribution is -0.181. The van der Waals surface area contributed by atoms with Crippen LogP contribution in [0.15, 0.2) is 12.2 Å². The van der Waals surface area contributed by atoms with Crippen molar-refractivity contribution in [2.24, 2.45) is 51.8 Å². The minimum absolute atomic E-state index is 0.529. The molecule has 0 aromatic heterocycles. The maximum atomic E-state index is 4.25. The van der Waals surface area contributed by atoms with E-state index in [2.05, 4.69) is 48.1 Å². The molecule has 4 rings (SSSR count). The molecular weight excluding hydrogens is 324 g/mol. The molecule has 0 aliphatic heterocycles. The molecule has 4 aliphatic rings. The van der Waals surface area contributed by atoms with Crippen molar-refractivity contribution >= 4 is 0 Å². The number of fused-ring (bicyclic) bond motifs is 5. The minimum atomic E-state index is 0.529. The molecule has 0 nitrogen and oxygen atoms in total. The van der Waals surface area contributed by atoms with Gasteiger partial charge in [-0.05, 0) is 110 Å². The number of hydrogen-bond donors (Lipinski definition) is 0.